The van der Waals surface area contributed by atoms with Gasteiger partial charge in [0.1, 0.15) is 0 Å². The molecule has 21 heavy (non-hydrogen) atoms. The SMILES string of the molecule is COc1cc(CNCC2CCC(O)CC2)cc(OC)c1O. The lowest BCUT2D eigenvalue weighted by Gasteiger charge is -2.25. The average molecular weight is 295 g/mol. The van der Waals surface area contributed by atoms with Gasteiger partial charge in [0.2, 0.25) is 5.75 Å². The lowest BCUT2D eigenvalue weighted by atomic mass is 9.87. The van der Waals surface area contributed by atoms with Gasteiger partial charge < -0.3 is 25.0 Å². The van der Waals surface area contributed by atoms with Crippen molar-refractivity contribution in [3.05, 3.63) is 17.7 Å². The standard InChI is InChI=1S/C16H25NO4/c1-20-14-7-12(8-15(21-2)16(14)19)10-17-9-11-3-5-13(18)6-4-11/h7-8,11,13,17-19H,3-6,9-10H2,1-2H3. The first-order valence-corrected chi connectivity index (χ1v) is 7.46. The van der Waals surface area contributed by atoms with Gasteiger partial charge in [-0.1, -0.05) is 0 Å². The van der Waals surface area contributed by atoms with E-state index in [1.54, 1.807) is 0 Å². The third kappa shape index (κ3) is 4.25. The quantitative estimate of drug-likeness (QED) is 0.749. The van der Waals surface area contributed by atoms with Crippen LogP contribution in [-0.2, 0) is 6.54 Å². The summed E-state index contributed by atoms with van der Waals surface area (Å²) in [5.74, 6) is 1.51. The first kappa shape index (κ1) is 15.9. The molecule has 1 fully saturated rings. The molecule has 5 nitrogen and oxygen atoms in total. The first-order valence-electron chi connectivity index (χ1n) is 7.46. The van der Waals surface area contributed by atoms with Crippen LogP contribution in [0.2, 0.25) is 0 Å². The first-order chi connectivity index (χ1) is 10.1. The van der Waals surface area contributed by atoms with E-state index in [-0.39, 0.29) is 11.9 Å². The molecular weight excluding hydrogens is 270 g/mol. The number of aliphatic hydroxyl groups excluding tert-OH is 1. The van der Waals surface area contributed by atoms with E-state index >= 15 is 0 Å². The van der Waals surface area contributed by atoms with Crippen LogP contribution >= 0.6 is 0 Å². The maximum Gasteiger partial charge on any atom is 0.200 e. The van der Waals surface area contributed by atoms with Crippen molar-refractivity contribution in [3.8, 4) is 17.2 Å². The van der Waals surface area contributed by atoms with Gasteiger partial charge in [0.25, 0.3) is 0 Å². The molecule has 0 saturated heterocycles. The summed E-state index contributed by atoms with van der Waals surface area (Å²) < 4.78 is 10.3. The minimum absolute atomic E-state index is 0.0324. The minimum Gasteiger partial charge on any atom is -0.502 e. The van der Waals surface area contributed by atoms with Crippen molar-refractivity contribution in [1.82, 2.24) is 5.32 Å². The van der Waals surface area contributed by atoms with Gasteiger partial charge in [-0.2, -0.15) is 0 Å². The molecule has 2 rings (SSSR count). The van der Waals surface area contributed by atoms with E-state index in [9.17, 15) is 10.2 Å². The number of benzene rings is 1. The Balaban J connectivity index is 1.88. The third-order valence-electron chi connectivity index (χ3n) is 4.12. The minimum atomic E-state index is -0.105. The highest BCUT2D eigenvalue weighted by Crippen LogP contribution is 2.37. The lowest BCUT2D eigenvalue weighted by molar-refractivity contribution is 0.108. The predicted molar refractivity (Wildman–Crippen MR) is 80.9 cm³/mol. The second-order valence-electron chi connectivity index (χ2n) is 5.65. The topological polar surface area (TPSA) is 71.0 Å². The number of phenolic OH excluding ortho intramolecular Hbond substituents is 1. The molecule has 0 atom stereocenters. The predicted octanol–water partition coefficient (Wildman–Crippen LogP) is 2.05. The summed E-state index contributed by atoms with van der Waals surface area (Å²) >= 11 is 0. The molecule has 0 amide bonds. The van der Waals surface area contributed by atoms with E-state index in [0.29, 0.717) is 24.0 Å². The second-order valence-corrected chi connectivity index (χ2v) is 5.65. The van der Waals surface area contributed by atoms with E-state index in [2.05, 4.69) is 5.32 Å². The van der Waals surface area contributed by atoms with E-state index in [1.807, 2.05) is 12.1 Å². The lowest BCUT2D eigenvalue weighted by Crippen LogP contribution is -2.27. The number of phenols is 1. The Bertz CT molecular complexity index is 431. The Morgan fingerprint density at radius 1 is 1.10 bits per heavy atom. The van der Waals surface area contributed by atoms with Gasteiger partial charge in [0.15, 0.2) is 11.5 Å². The number of aliphatic hydroxyl groups is 1. The Morgan fingerprint density at radius 3 is 2.19 bits per heavy atom. The normalized spacial score (nSPS) is 22.0. The highest BCUT2D eigenvalue weighted by Gasteiger charge is 2.19. The molecule has 5 heteroatoms. The molecule has 0 radical (unpaired) electrons. The highest BCUT2D eigenvalue weighted by molar-refractivity contribution is 5.52. The number of methoxy groups -OCH3 is 2. The molecule has 0 heterocycles. The monoisotopic (exact) mass is 295 g/mol. The number of ether oxygens (including phenoxy) is 2. The molecule has 1 aromatic rings. The summed E-state index contributed by atoms with van der Waals surface area (Å²) in [4.78, 5) is 0. The molecule has 0 bridgehead atoms. The summed E-state index contributed by atoms with van der Waals surface area (Å²) in [5, 5.41) is 22.8. The van der Waals surface area contributed by atoms with Crippen molar-refractivity contribution >= 4 is 0 Å². The Hall–Kier alpha value is -1.46. The van der Waals surface area contributed by atoms with Crippen molar-refractivity contribution in [1.29, 1.82) is 0 Å². The van der Waals surface area contributed by atoms with Crippen LogP contribution in [0, 0.1) is 5.92 Å². The van der Waals surface area contributed by atoms with E-state index in [4.69, 9.17) is 9.47 Å². The zero-order valence-electron chi connectivity index (χ0n) is 12.8. The van der Waals surface area contributed by atoms with Crippen LogP contribution in [0.4, 0.5) is 0 Å². The fourth-order valence-electron chi connectivity index (χ4n) is 2.82. The van der Waals surface area contributed by atoms with Gasteiger partial charge in [-0.05, 0) is 55.8 Å². The smallest absolute Gasteiger partial charge is 0.200 e. The van der Waals surface area contributed by atoms with Crippen molar-refractivity contribution in [2.75, 3.05) is 20.8 Å². The maximum atomic E-state index is 9.87. The molecule has 0 spiro atoms. The molecule has 3 N–H and O–H groups in total. The van der Waals surface area contributed by atoms with Gasteiger partial charge in [-0.3, -0.25) is 0 Å². The van der Waals surface area contributed by atoms with Crippen LogP contribution in [0.3, 0.4) is 0 Å². The van der Waals surface area contributed by atoms with Gasteiger partial charge in [-0.25, -0.2) is 0 Å². The number of aromatic hydroxyl groups is 1. The van der Waals surface area contributed by atoms with E-state index in [0.717, 1.165) is 37.8 Å². The van der Waals surface area contributed by atoms with Crippen LogP contribution < -0.4 is 14.8 Å². The van der Waals surface area contributed by atoms with Crippen molar-refractivity contribution < 1.29 is 19.7 Å². The maximum absolute atomic E-state index is 9.87. The van der Waals surface area contributed by atoms with Gasteiger partial charge in [0.05, 0.1) is 20.3 Å². The van der Waals surface area contributed by atoms with Gasteiger partial charge >= 0.3 is 0 Å². The van der Waals surface area contributed by atoms with Gasteiger partial charge in [0, 0.05) is 6.54 Å². The van der Waals surface area contributed by atoms with Crippen LogP contribution in [0.25, 0.3) is 0 Å². The highest BCUT2D eigenvalue weighted by atomic mass is 16.5. The Labute approximate surface area is 125 Å². The molecule has 118 valence electrons. The summed E-state index contributed by atoms with van der Waals surface area (Å²) in [7, 11) is 3.05. The number of hydrogen-bond acceptors (Lipinski definition) is 5. The summed E-state index contributed by atoms with van der Waals surface area (Å²) in [5.41, 5.74) is 1.01. The van der Waals surface area contributed by atoms with Crippen LogP contribution in [0.5, 0.6) is 17.2 Å². The molecule has 0 unspecified atom stereocenters. The average Bonchev–Trinajstić information content (AvgIpc) is 2.50. The van der Waals surface area contributed by atoms with Crippen molar-refractivity contribution in [3.63, 3.8) is 0 Å². The van der Waals surface area contributed by atoms with Crippen LogP contribution in [-0.4, -0.2) is 37.1 Å². The second kappa shape index (κ2) is 7.52. The van der Waals surface area contributed by atoms with Crippen LogP contribution in [0.1, 0.15) is 31.2 Å². The summed E-state index contributed by atoms with van der Waals surface area (Å²) in [6, 6.07) is 3.63. The molecule has 0 aromatic heterocycles. The molecule has 1 aliphatic rings. The molecule has 0 aliphatic heterocycles. The van der Waals surface area contributed by atoms with Gasteiger partial charge in [-0.15, -0.1) is 0 Å². The fraction of sp³-hybridized carbons (Fsp3) is 0.625. The van der Waals surface area contributed by atoms with Crippen LogP contribution in [0.15, 0.2) is 12.1 Å². The number of rotatable bonds is 6. The Morgan fingerprint density at radius 2 is 1.67 bits per heavy atom. The van der Waals surface area contributed by atoms with Crippen molar-refractivity contribution in [2.24, 2.45) is 5.92 Å². The molecule has 1 aliphatic carbocycles. The molecule has 1 aromatic carbocycles. The largest absolute Gasteiger partial charge is 0.502 e. The third-order valence-corrected chi connectivity index (χ3v) is 4.12. The zero-order valence-corrected chi connectivity index (χ0v) is 12.8. The molecule has 1 saturated carbocycles. The van der Waals surface area contributed by atoms with Crippen molar-refractivity contribution in [2.45, 2.75) is 38.3 Å². The number of hydrogen-bond donors (Lipinski definition) is 3. The zero-order chi connectivity index (χ0) is 15.2. The fourth-order valence-corrected chi connectivity index (χ4v) is 2.82. The number of nitrogens with one attached hydrogen (secondary N) is 1. The van der Waals surface area contributed by atoms with E-state index in [1.165, 1.54) is 14.2 Å². The summed E-state index contributed by atoms with van der Waals surface area (Å²) in [6.07, 6.45) is 3.87. The van der Waals surface area contributed by atoms with E-state index < -0.39 is 0 Å². The Kier molecular flexibility index (Phi) is 5.70. The molecular formula is C16H25NO4. The summed E-state index contributed by atoms with van der Waals surface area (Å²) in [6.45, 7) is 1.64.